The summed E-state index contributed by atoms with van der Waals surface area (Å²) in [6, 6.07) is 7.19. The largest absolute Gasteiger partial charge is 0.477 e. The van der Waals surface area contributed by atoms with Crippen LogP contribution < -0.4 is 14.8 Å². The standard InChI is InChI=1S/C12H16N2O4S/c1-2-7-19(16,17)14-12(15)11-8-13-9-5-3-4-6-10(9)18-11/h3-6,11,13H,2,7-8H2,1H3,(H,14,15). The number of benzene rings is 1. The number of amides is 1. The van der Waals surface area contributed by atoms with Crippen LogP contribution >= 0.6 is 0 Å². The lowest BCUT2D eigenvalue weighted by molar-refractivity contribution is -0.125. The van der Waals surface area contributed by atoms with Crippen molar-refractivity contribution in [2.45, 2.75) is 19.4 Å². The molecule has 1 aliphatic rings. The first-order chi connectivity index (χ1) is 9.02. The topological polar surface area (TPSA) is 84.5 Å². The number of rotatable bonds is 4. The van der Waals surface area contributed by atoms with Gasteiger partial charge in [-0.2, -0.15) is 0 Å². The van der Waals surface area contributed by atoms with Gasteiger partial charge in [0.2, 0.25) is 10.0 Å². The number of anilines is 1. The van der Waals surface area contributed by atoms with Gasteiger partial charge in [-0.25, -0.2) is 13.1 Å². The number of carbonyl (C=O) groups is 1. The predicted molar refractivity (Wildman–Crippen MR) is 71.6 cm³/mol. The number of sulfonamides is 1. The average Bonchev–Trinajstić information content (AvgIpc) is 2.37. The Morgan fingerprint density at radius 3 is 2.95 bits per heavy atom. The molecule has 0 fully saturated rings. The van der Waals surface area contributed by atoms with Crippen molar-refractivity contribution in [3.8, 4) is 5.75 Å². The number of hydrogen-bond acceptors (Lipinski definition) is 5. The number of ether oxygens (including phenoxy) is 1. The van der Waals surface area contributed by atoms with Gasteiger partial charge in [-0.05, 0) is 18.6 Å². The van der Waals surface area contributed by atoms with Crippen molar-refractivity contribution < 1.29 is 17.9 Å². The monoisotopic (exact) mass is 284 g/mol. The molecule has 0 radical (unpaired) electrons. The molecule has 1 heterocycles. The molecule has 0 spiro atoms. The van der Waals surface area contributed by atoms with E-state index in [1.54, 1.807) is 19.1 Å². The summed E-state index contributed by atoms with van der Waals surface area (Å²) >= 11 is 0. The number of carbonyl (C=O) groups excluding carboxylic acids is 1. The normalized spacial score (nSPS) is 17.8. The van der Waals surface area contributed by atoms with Crippen molar-refractivity contribution in [1.82, 2.24) is 4.72 Å². The molecule has 1 atom stereocenters. The summed E-state index contributed by atoms with van der Waals surface area (Å²) < 4.78 is 30.5. The Morgan fingerprint density at radius 1 is 1.47 bits per heavy atom. The lowest BCUT2D eigenvalue weighted by Gasteiger charge is -2.26. The maximum Gasteiger partial charge on any atom is 0.276 e. The third kappa shape index (κ3) is 3.37. The van der Waals surface area contributed by atoms with E-state index in [-0.39, 0.29) is 12.3 Å². The fourth-order valence-corrected chi connectivity index (χ4v) is 2.88. The highest BCUT2D eigenvalue weighted by molar-refractivity contribution is 7.90. The zero-order chi connectivity index (χ0) is 13.9. The number of para-hydroxylation sites is 2. The second-order valence-electron chi connectivity index (χ2n) is 4.27. The third-order valence-electron chi connectivity index (χ3n) is 2.66. The fraction of sp³-hybridized carbons (Fsp3) is 0.417. The molecule has 104 valence electrons. The predicted octanol–water partition coefficient (Wildman–Crippen LogP) is 0.715. The Balaban J connectivity index is 2.03. The van der Waals surface area contributed by atoms with E-state index in [9.17, 15) is 13.2 Å². The van der Waals surface area contributed by atoms with Crippen LogP contribution in [0.3, 0.4) is 0 Å². The first-order valence-corrected chi connectivity index (χ1v) is 7.71. The molecule has 2 rings (SSSR count). The van der Waals surface area contributed by atoms with Crippen molar-refractivity contribution in [3.05, 3.63) is 24.3 Å². The van der Waals surface area contributed by atoms with Gasteiger partial charge < -0.3 is 10.1 Å². The molecule has 0 aliphatic carbocycles. The molecule has 6 nitrogen and oxygen atoms in total. The van der Waals surface area contributed by atoms with Gasteiger partial charge in [0, 0.05) is 0 Å². The summed E-state index contributed by atoms with van der Waals surface area (Å²) in [5.74, 6) is -0.174. The van der Waals surface area contributed by atoms with Crippen molar-refractivity contribution >= 4 is 21.6 Å². The van der Waals surface area contributed by atoms with E-state index in [2.05, 4.69) is 5.32 Å². The SMILES string of the molecule is CCCS(=O)(=O)NC(=O)C1CNc2ccccc2O1. The molecular weight excluding hydrogens is 268 g/mol. The Labute approximate surface area is 112 Å². The van der Waals surface area contributed by atoms with Crippen LogP contribution in [0.15, 0.2) is 24.3 Å². The highest BCUT2D eigenvalue weighted by atomic mass is 32.2. The van der Waals surface area contributed by atoms with Gasteiger partial charge in [-0.15, -0.1) is 0 Å². The Morgan fingerprint density at radius 2 is 2.21 bits per heavy atom. The maximum atomic E-state index is 11.8. The van der Waals surface area contributed by atoms with Crippen molar-refractivity contribution in [2.24, 2.45) is 0 Å². The molecule has 19 heavy (non-hydrogen) atoms. The smallest absolute Gasteiger partial charge is 0.276 e. The summed E-state index contributed by atoms with van der Waals surface area (Å²) in [5, 5.41) is 3.03. The van der Waals surface area contributed by atoms with Crippen LogP contribution in [0.4, 0.5) is 5.69 Å². The number of fused-ring (bicyclic) bond motifs is 1. The van der Waals surface area contributed by atoms with Gasteiger partial charge in [0.25, 0.3) is 5.91 Å². The van der Waals surface area contributed by atoms with E-state index in [0.29, 0.717) is 12.2 Å². The van der Waals surface area contributed by atoms with E-state index in [1.807, 2.05) is 16.9 Å². The molecule has 0 aromatic heterocycles. The second kappa shape index (κ2) is 5.48. The Bertz CT molecular complexity index is 571. The molecule has 2 N–H and O–H groups in total. The second-order valence-corrected chi connectivity index (χ2v) is 6.11. The zero-order valence-electron chi connectivity index (χ0n) is 10.5. The average molecular weight is 284 g/mol. The molecule has 0 saturated carbocycles. The van der Waals surface area contributed by atoms with Crippen LogP contribution in [0.25, 0.3) is 0 Å². The van der Waals surface area contributed by atoms with Crippen LogP contribution in [0, 0.1) is 0 Å². The van der Waals surface area contributed by atoms with E-state index < -0.39 is 22.0 Å². The summed E-state index contributed by atoms with van der Waals surface area (Å²) in [5.41, 5.74) is 0.794. The van der Waals surface area contributed by atoms with Gasteiger partial charge in [0.15, 0.2) is 6.10 Å². The van der Waals surface area contributed by atoms with Crippen molar-refractivity contribution in [3.63, 3.8) is 0 Å². The quantitative estimate of drug-likeness (QED) is 0.851. The fourth-order valence-electron chi connectivity index (χ4n) is 1.80. The highest BCUT2D eigenvalue weighted by Gasteiger charge is 2.28. The lowest BCUT2D eigenvalue weighted by atomic mass is 10.2. The van der Waals surface area contributed by atoms with Gasteiger partial charge in [-0.1, -0.05) is 19.1 Å². The van der Waals surface area contributed by atoms with E-state index in [4.69, 9.17) is 4.74 Å². The summed E-state index contributed by atoms with van der Waals surface area (Å²) in [4.78, 5) is 11.8. The molecule has 1 aromatic carbocycles. The minimum Gasteiger partial charge on any atom is -0.477 e. The summed E-state index contributed by atoms with van der Waals surface area (Å²) in [7, 11) is -3.56. The molecule has 1 unspecified atom stereocenters. The Kier molecular flexibility index (Phi) is 3.94. The first kappa shape index (κ1) is 13.7. The Hall–Kier alpha value is -1.76. The maximum absolute atomic E-state index is 11.8. The van der Waals surface area contributed by atoms with Crippen molar-refractivity contribution in [2.75, 3.05) is 17.6 Å². The molecule has 1 amide bonds. The highest BCUT2D eigenvalue weighted by Crippen LogP contribution is 2.28. The molecule has 0 bridgehead atoms. The molecular formula is C12H16N2O4S. The first-order valence-electron chi connectivity index (χ1n) is 6.06. The summed E-state index contributed by atoms with van der Waals surface area (Å²) in [6.45, 7) is 1.98. The molecule has 1 aromatic rings. The van der Waals surface area contributed by atoms with Gasteiger partial charge in [-0.3, -0.25) is 4.79 Å². The molecule has 1 aliphatic heterocycles. The van der Waals surface area contributed by atoms with E-state index in [1.165, 1.54) is 0 Å². The minimum absolute atomic E-state index is 0.0739. The zero-order valence-corrected chi connectivity index (χ0v) is 11.4. The number of nitrogens with one attached hydrogen (secondary N) is 2. The number of hydrogen-bond donors (Lipinski definition) is 2. The van der Waals surface area contributed by atoms with Crippen LogP contribution in [0.2, 0.25) is 0 Å². The van der Waals surface area contributed by atoms with E-state index >= 15 is 0 Å². The van der Waals surface area contributed by atoms with Crippen LogP contribution in [0.5, 0.6) is 5.75 Å². The van der Waals surface area contributed by atoms with E-state index in [0.717, 1.165) is 5.69 Å². The van der Waals surface area contributed by atoms with Gasteiger partial charge in [0.1, 0.15) is 5.75 Å². The lowest BCUT2D eigenvalue weighted by Crippen LogP contribution is -2.47. The van der Waals surface area contributed by atoms with Gasteiger partial charge in [0.05, 0.1) is 18.0 Å². The van der Waals surface area contributed by atoms with Crippen LogP contribution in [0.1, 0.15) is 13.3 Å². The van der Waals surface area contributed by atoms with Crippen molar-refractivity contribution in [1.29, 1.82) is 0 Å². The van der Waals surface area contributed by atoms with Crippen LogP contribution in [-0.4, -0.2) is 32.7 Å². The van der Waals surface area contributed by atoms with Crippen LogP contribution in [-0.2, 0) is 14.8 Å². The minimum atomic E-state index is -3.56. The molecule has 0 saturated heterocycles. The third-order valence-corrected chi connectivity index (χ3v) is 4.11. The van der Waals surface area contributed by atoms with Gasteiger partial charge >= 0.3 is 0 Å². The molecule has 7 heteroatoms. The summed E-state index contributed by atoms with van der Waals surface area (Å²) in [6.07, 6.45) is -0.392.